The lowest BCUT2D eigenvalue weighted by Crippen LogP contribution is -2.42. The first kappa shape index (κ1) is 19.6. The summed E-state index contributed by atoms with van der Waals surface area (Å²) in [5, 5.41) is 15.3. The Balaban J connectivity index is 1.82. The first-order chi connectivity index (χ1) is 12.5. The van der Waals surface area contributed by atoms with E-state index in [0.29, 0.717) is 0 Å². The van der Waals surface area contributed by atoms with Gasteiger partial charge < -0.3 is 20.5 Å². The number of methoxy groups -OCH3 is 1. The predicted octanol–water partition coefficient (Wildman–Crippen LogP) is 4.17. The van der Waals surface area contributed by atoms with E-state index in [1.165, 1.54) is 0 Å². The van der Waals surface area contributed by atoms with Crippen molar-refractivity contribution in [2.45, 2.75) is 45.2 Å². The summed E-state index contributed by atoms with van der Waals surface area (Å²) in [6.07, 6.45) is 2.48. The third-order valence-corrected chi connectivity index (χ3v) is 4.41. The van der Waals surface area contributed by atoms with E-state index in [2.05, 4.69) is 10.6 Å². The molecule has 0 spiro atoms. The smallest absolute Gasteiger partial charge is 0.315 e. The molecule has 2 aromatic rings. The van der Waals surface area contributed by atoms with Crippen LogP contribution in [0.5, 0.6) is 11.5 Å². The summed E-state index contributed by atoms with van der Waals surface area (Å²) >= 11 is 0. The monoisotopic (exact) mass is 356 g/mol. The molecule has 2 atom stereocenters. The second-order valence-corrected chi connectivity index (χ2v) is 6.46. The minimum Gasteiger partial charge on any atom is -0.508 e. The Morgan fingerprint density at radius 3 is 2.31 bits per heavy atom. The van der Waals surface area contributed by atoms with Crippen molar-refractivity contribution in [3.8, 4) is 11.5 Å². The molecule has 2 amide bonds. The Labute approximate surface area is 155 Å². The molecule has 0 saturated carbocycles. The third kappa shape index (κ3) is 5.99. The molecular formula is C21H28N2O3. The molecule has 5 nitrogen and oxygen atoms in total. The number of urea groups is 1. The van der Waals surface area contributed by atoms with Gasteiger partial charge in [0.05, 0.1) is 13.2 Å². The molecule has 3 N–H and O–H groups in total. The minimum atomic E-state index is -0.161. The summed E-state index contributed by atoms with van der Waals surface area (Å²) < 4.78 is 5.17. The lowest BCUT2D eigenvalue weighted by atomic mass is 10.0. The fourth-order valence-electron chi connectivity index (χ4n) is 2.80. The number of rotatable bonds is 8. The summed E-state index contributed by atoms with van der Waals surface area (Å²) in [4.78, 5) is 12.3. The molecule has 0 aromatic heterocycles. The van der Waals surface area contributed by atoms with Crippen molar-refractivity contribution in [3.05, 3.63) is 59.7 Å². The molecule has 26 heavy (non-hydrogen) atoms. The number of hydrogen-bond acceptors (Lipinski definition) is 3. The molecule has 0 aliphatic rings. The molecule has 0 bridgehead atoms. The van der Waals surface area contributed by atoms with Crippen LogP contribution in [-0.4, -0.2) is 24.3 Å². The number of ether oxygens (including phenoxy) is 1. The van der Waals surface area contributed by atoms with Crippen molar-refractivity contribution in [1.82, 2.24) is 10.6 Å². The van der Waals surface area contributed by atoms with E-state index in [9.17, 15) is 9.90 Å². The van der Waals surface area contributed by atoms with Crippen LogP contribution in [0.1, 0.15) is 43.9 Å². The average Bonchev–Trinajstić information content (AvgIpc) is 2.65. The van der Waals surface area contributed by atoms with E-state index in [1.807, 2.05) is 50.2 Å². The van der Waals surface area contributed by atoms with Gasteiger partial charge in [0, 0.05) is 6.04 Å². The van der Waals surface area contributed by atoms with Crippen molar-refractivity contribution in [2.75, 3.05) is 7.11 Å². The van der Waals surface area contributed by atoms with Gasteiger partial charge in [0.25, 0.3) is 0 Å². The van der Waals surface area contributed by atoms with Crippen LogP contribution in [0, 0.1) is 0 Å². The number of aromatic hydroxyl groups is 1. The van der Waals surface area contributed by atoms with Gasteiger partial charge in [-0.2, -0.15) is 0 Å². The number of aryl methyl sites for hydroxylation is 1. The highest BCUT2D eigenvalue weighted by Crippen LogP contribution is 2.20. The number of nitrogens with one attached hydrogen (secondary N) is 2. The number of benzene rings is 2. The second kappa shape index (κ2) is 9.70. The molecule has 2 unspecified atom stereocenters. The Hall–Kier alpha value is -2.69. The van der Waals surface area contributed by atoms with Gasteiger partial charge in [-0.3, -0.25) is 0 Å². The summed E-state index contributed by atoms with van der Waals surface area (Å²) in [5.74, 6) is 1.07. The first-order valence-electron chi connectivity index (χ1n) is 9.00. The van der Waals surface area contributed by atoms with Crippen LogP contribution in [0.4, 0.5) is 4.79 Å². The minimum absolute atomic E-state index is 0.0368. The number of hydrogen-bond donors (Lipinski definition) is 3. The van der Waals surface area contributed by atoms with Crippen LogP contribution in [0.2, 0.25) is 0 Å². The van der Waals surface area contributed by atoms with E-state index >= 15 is 0 Å². The predicted molar refractivity (Wildman–Crippen MR) is 104 cm³/mol. The molecule has 2 aromatic carbocycles. The molecule has 0 saturated heterocycles. The van der Waals surface area contributed by atoms with Crippen LogP contribution in [0.25, 0.3) is 0 Å². The normalized spacial score (nSPS) is 12.9. The fourth-order valence-corrected chi connectivity index (χ4v) is 2.80. The van der Waals surface area contributed by atoms with E-state index in [0.717, 1.165) is 36.1 Å². The maximum Gasteiger partial charge on any atom is 0.315 e. The van der Waals surface area contributed by atoms with Gasteiger partial charge in [0.2, 0.25) is 0 Å². The molecule has 0 heterocycles. The number of amides is 2. The van der Waals surface area contributed by atoms with Crippen molar-refractivity contribution in [1.29, 1.82) is 0 Å². The summed E-state index contributed by atoms with van der Waals surface area (Å²) in [6, 6.07) is 14.8. The Morgan fingerprint density at radius 2 is 1.73 bits per heavy atom. The highest BCUT2D eigenvalue weighted by atomic mass is 16.5. The van der Waals surface area contributed by atoms with Crippen LogP contribution in [0.15, 0.2) is 48.5 Å². The van der Waals surface area contributed by atoms with Crippen LogP contribution in [-0.2, 0) is 6.42 Å². The topological polar surface area (TPSA) is 70.6 Å². The first-order valence-corrected chi connectivity index (χ1v) is 9.00. The summed E-state index contributed by atoms with van der Waals surface area (Å²) in [5.41, 5.74) is 2.20. The molecule has 0 radical (unpaired) electrons. The maximum atomic E-state index is 12.3. The molecule has 5 heteroatoms. The molecule has 140 valence electrons. The SMILES string of the molecule is CCC(NC(=O)NC(C)CCc1ccc(O)cc1)c1ccc(OC)cc1. The average molecular weight is 356 g/mol. The largest absolute Gasteiger partial charge is 0.508 e. The van der Waals surface area contributed by atoms with Gasteiger partial charge in [-0.05, 0) is 61.6 Å². The fraction of sp³-hybridized carbons (Fsp3) is 0.381. The zero-order valence-electron chi connectivity index (χ0n) is 15.7. The molecule has 2 rings (SSSR count). The third-order valence-electron chi connectivity index (χ3n) is 4.41. The van der Waals surface area contributed by atoms with Crippen LogP contribution >= 0.6 is 0 Å². The van der Waals surface area contributed by atoms with Gasteiger partial charge in [0.15, 0.2) is 0 Å². The summed E-state index contributed by atoms with van der Waals surface area (Å²) in [7, 11) is 1.64. The van der Waals surface area contributed by atoms with E-state index in [4.69, 9.17) is 4.74 Å². The standard InChI is InChI=1S/C21H28N2O3/c1-4-20(17-9-13-19(26-3)14-10-17)23-21(25)22-15(2)5-6-16-7-11-18(24)12-8-16/h7-15,20,24H,4-6H2,1-3H3,(H2,22,23,25). The number of phenolic OH excluding ortho intramolecular Hbond substituents is 1. The van der Waals surface area contributed by atoms with Gasteiger partial charge in [-0.25, -0.2) is 4.79 Å². The van der Waals surface area contributed by atoms with E-state index in [1.54, 1.807) is 19.2 Å². The zero-order valence-corrected chi connectivity index (χ0v) is 15.7. The molecule has 0 aliphatic carbocycles. The van der Waals surface area contributed by atoms with Crippen LogP contribution < -0.4 is 15.4 Å². The number of carbonyl (C=O) groups is 1. The highest BCUT2D eigenvalue weighted by molar-refractivity contribution is 5.74. The van der Waals surface area contributed by atoms with Crippen molar-refractivity contribution in [3.63, 3.8) is 0 Å². The van der Waals surface area contributed by atoms with Crippen molar-refractivity contribution in [2.24, 2.45) is 0 Å². The van der Waals surface area contributed by atoms with Gasteiger partial charge in [0.1, 0.15) is 11.5 Å². The van der Waals surface area contributed by atoms with Crippen molar-refractivity contribution < 1.29 is 14.6 Å². The number of carbonyl (C=O) groups excluding carboxylic acids is 1. The van der Waals surface area contributed by atoms with Crippen LogP contribution in [0.3, 0.4) is 0 Å². The Morgan fingerprint density at radius 1 is 1.08 bits per heavy atom. The maximum absolute atomic E-state index is 12.3. The highest BCUT2D eigenvalue weighted by Gasteiger charge is 2.14. The van der Waals surface area contributed by atoms with E-state index < -0.39 is 0 Å². The molecule has 0 fully saturated rings. The van der Waals surface area contributed by atoms with E-state index in [-0.39, 0.29) is 23.9 Å². The zero-order chi connectivity index (χ0) is 18.9. The lowest BCUT2D eigenvalue weighted by Gasteiger charge is -2.20. The Kier molecular flexibility index (Phi) is 7.33. The van der Waals surface area contributed by atoms with Gasteiger partial charge in [-0.1, -0.05) is 31.2 Å². The van der Waals surface area contributed by atoms with Crippen molar-refractivity contribution >= 4 is 6.03 Å². The van der Waals surface area contributed by atoms with Gasteiger partial charge in [-0.15, -0.1) is 0 Å². The molecule has 0 aliphatic heterocycles. The van der Waals surface area contributed by atoms with Gasteiger partial charge >= 0.3 is 6.03 Å². The quantitative estimate of drug-likeness (QED) is 0.665. The Bertz CT molecular complexity index is 683. The second-order valence-electron chi connectivity index (χ2n) is 6.46. The molecular weight excluding hydrogens is 328 g/mol. The number of phenols is 1. The summed E-state index contributed by atoms with van der Waals surface area (Å²) in [6.45, 7) is 4.04. The lowest BCUT2D eigenvalue weighted by molar-refractivity contribution is 0.233.